The third-order valence-electron chi connectivity index (χ3n) is 4.14. The van der Waals surface area contributed by atoms with Crippen LogP contribution in [0.15, 0.2) is 0 Å². The molecule has 0 aliphatic carbocycles. The summed E-state index contributed by atoms with van der Waals surface area (Å²) in [5.74, 6) is -39.4. The summed E-state index contributed by atoms with van der Waals surface area (Å²) in [5, 5.41) is 0. The molecule has 31 heavy (non-hydrogen) atoms. The second kappa shape index (κ2) is 7.78. The van der Waals surface area contributed by atoms with Gasteiger partial charge in [0, 0.05) is 0 Å². The molecule has 0 spiro atoms. The first-order chi connectivity index (χ1) is 13.1. The maximum atomic E-state index is 13.5. The van der Waals surface area contributed by atoms with Crippen LogP contribution in [0.1, 0.15) is 33.6 Å². The van der Waals surface area contributed by atoms with E-state index in [0.29, 0.717) is 0 Å². The van der Waals surface area contributed by atoms with Crippen molar-refractivity contribution in [3.05, 3.63) is 0 Å². The lowest BCUT2D eigenvalue weighted by molar-refractivity contribution is -0.428. The lowest BCUT2D eigenvalue weighted by atomic mass is 9.90. The first-order valence-electron chi connectivity index (χ1n) is 7.71. The summed E-state index contributed by atoms with van der Waals surface area (Å²) in [5.41, 5.74) is -2.06. The van der Waals surface area contributed by atoms with E-state index < -0.39 is 66.1 Å². The van der Waals surface area contributed by atoms with Crippen LogP contribution in [0.4, 0.5) is 65.9 Å². The van der Waals surface area contributed by atoms with Crippen LogP contribution >= 0.6 is 0 Å². The highest BCUT2D eigenvalue weighted by atomic mass is 19.4. The zero-order chi connectivity index (χ0) is 25.7. The molecule has 0 saturated carbocycles. The predicted octanol–water partition coefficient (Wildman–Crippen LogP) is 6.69. The summed E-state index contributed by atoms with van der Waals surface area (Å²) in [6.45, 7) is 2.65. The Labute approximate surface area is 163 Å². The quantitative estimate of drug-likeness (QED) is 0.262. The van der Waals surface area contributed by atoms with Crippen molar-refractivity contribution in [2.45, 2.75) is 75.5 Å². The Kier molecular flexibility index (Phi) is 7.38. The van der Waals surface area contributed by atoms with Gasteiger partial charge in [-0.3, -0.25) is 4.79 Å². The van der Waals surface area contributed by atoms with E-state index in [1.165, 1.54) is 0 Å². The number of alkyl halides is 15. The van der Waals surface area contributed by atoms with Gasteiger partial charge < -0.3 is 4.74 Å². The van der Waals surface area contributed by atoms with Gasteiger partial charge in [0.05, 0.1) is 11.8 Å². The van der Waals surface area contributed by atoms with E-state index >= 15 is 0 Å². The van der Waals surface area contributed by atoms with E-state index in [1.807, 2.05) is 0 Å². The van der Waals surface area contributed by atoms with E-state index in [-0.39, 0.29) is 0 Å². The average molecular weight is 498 g/mol. The van der Waals surface area contributed by atoms with Crippen LogP contribution in [0.3, 0.4) is 0 Å². The van der Waals surface area contributed by atoms with Crippen molar-refractivity contribution >= 4 is 5.97 Å². The number of halogens is 15. The first-order valence-corrected chi connectivity index (χ1v) is 7.71. The van der Waals surface area contributed by atoms with Crippen LogP contribution in [0.5, 0.6) is 0 Å². The molecule has 186 valence electrons. The van der Waals surface area contributed by atoms with Gasteiger partial charge in [0.2, 0.25) is 0 Å². The Hall–Kier alpha value is -1.58. The molecule has 0 aromatic heterocycles. The summed E-state index contributed by atoms with van der Waals surface area (Å²) in [6.07, 6.45) is -19.2. The van der Waals surface area contributed by atoms with Gasteiger partial charge in [0.15, 0.2) is 0 Å². The Morgan fingerprint density at radius 3 is 1.32 bits per heavy atom. The van der Waals surface area contributed by atoms with E-state index in [0.717, 1.165) is 20.8 Å². The SMILES string of the molecule is CCC(C)(C)C(=O)OC(F)(F)C(F)(F)C(F)(F)C(F)(F)CC(F)(F)C(F)(F)C(F)(F)F. The molecule has 0 aliphatic heterocycles. The second-order valence-corrected chi connectivity index (χ2v) is 6.95. The Morgan fingerprint density at radius 1 is 0.645 bits per heavy atom. The average Bonchev–Trinajstić information content (AvgIpc) is 2.51. The van der Waals surface area contributed by atoms with Crippen LogP contribution in [-0.2, 0) is 9.53 Å². The molecule has 0 radical (unpaired) electrons. The highest BCUT2D eigenvalue weighted by Gasteiger charge is 2.85. The minimum Gasteiger partial charge on any atom is -0.396 e. The molecule has 0 amide bonds. The number of carbonyl (C=O) groups is 1. The molecule has 17 heteroatoms. The first kappa shape index (κ1) is 29.4. The molecule has 0 saturated heterocycles. The minimum absolute atomic E-state index is 0.432. The Balaban J connectivity index is 6.17. The van der Waals surface area contributed by atoms with Crippen molar-refractivity contribution in [3.63, 3.8) is 0 Å². The highest BCUT2D eigenvalue weighted by molar-refractivity contribution is 5.76. The molecule has 0 aromatic carbocycles. The predicted molar refractivity (Wildman–Crippen MR) is 70.5 cm³/mol. The molecule has 0 N–H and O–H groups in total. The largest absolute Gasteiger partial charge is 0.473 e. The Morgan fingerprint density at radius 2 is 1.00 bits per heavy atom. The summed E-state index contributed by atoms with van der Waals surface area (Å²) in [6, 6.07) is 0. The molecule has 0 atom stereocenters. The van der Waals surface area contributed by atoms with Gasteiger partial charge in [-0.15, -0.1) is 0 Å². The minimum atomic E-state index is -7.69. The normalized spacial score (nSPS) is 15.8. The van der Waals surface area contributed by atoms with Crippen molar-refractivity contribution in [2.75, 3.05) is 0 Å². The number of ether oxygens (including phenoxy) is 1. The maximum Gasteiger partial charge on any atom is 0.473 e. The van der Waals surface area contributed by atoms with Gasteiger partial charge in [-0.05, 0) is 20.3 Å². The fraction of sp³-hybridized carbons (Fsp3) is 0.929. The zero-order valence-corrected chi connectivity index (χ0v) is 15.4. The van der Waals surface area contributed by atoms with Gasteiger partial charge in [-0.2, -0.15) is 65.9 Å². The lowest BCUT2D eigenvalue weighted by Gasteiger charge is -2.38. The van der Waals surface area contributed by atoms with Crippen LogP contribution in [0.2, 0.25) is 0 Å². The van der Waals surface area contributed by atoms with E-state index in [1.54, 1.807) is 0 Å². The summed E-state index contributed by atoms with van der Waals surface area (Å²) >= 11 is 0. The molecule has 2 nitrogen and oxygen atoms in total. The summed E-state index contributed by atoms with van der Waals surface area (Å²) < 4.78 is 198. The topological polar surface area (TPSA) is 26.3 Å². The number of rotatable bonds is 9. The van der Waals surface area contributed by atoms with Crippen molar-refractivity contribution in [2.24, 2.45) is 5.41 Å². The lowest BCUT2D eigenvalue weighted by Crippen LogP contribution is -2.65. The molecule has 0 unspecified atom stereocenters. The van der Waals surface area contributed by atoms with E-state index in [9.17, 15) is 70.7 Å². The molecular formula is C14H13F15O2. The van der Waals surface area contributed by atoms with Gasteiger partial charge >= 0.3 is 47.9 Å². The second-order valence-electron chi connectivity index (χ2n) is 6.95. The molecule has 0 heterocycles. The van der Waals surface area contributed by atoms with Crippen LogP contribution in [-0.4, -0.2) is 47.9 Å². The fourth-order valence-electron chi connectivity index (χ4n) is 1.58. The van der Waals surface area contributed by atoms with Gasteiger partial charge in [0.25, 0.3) is 0 Å². The third kappa shape index (κ3) is 4.93. The smallest absolute Gasteiger partial charge is 0.396 e. The van der Waals surface area contributed by atoms with Gasteiger partial charge in [-0.1, -0.05) is 6.92 Å². The molecule has 0 aromatic rings. The van der Waals surface area contributed by atoms with Crippen LogP contribution < -0.4 is 0 Å². The van der Waals surface area contributed by atoms with Crippen molar-refractivity contribution in [1.82, 2.24) is 0 Å². The Bertz CT molecular complexity index is 663. The summed E-state index contributed by atoms with van der Waals surface area (Å²) in [4.78, 5) is 11.4. The zero-order valence-electron chi connectivity index (χ0n) is 15.4. The number of carbonyl (C=O) groups excluding carboxylic acids is 1. The summed E-state index contributed by atoms with van der Waals surface area (Å²) in [7, 11) is 0. The number of esters is 1. The van der Waals surface area contributed by atoms with Gasteiger partial charge in [-0.25, -0.2) is 0 Å². The molecule has 0 bridgehead atoms. The standard InChI is InChI=1S/C14H13F15O2/c1-4-7(2,3)6(30)31-14(28,29)12(23,24)10(19,20)8(15,16)5-9(17,18)11(21,22)13(25,26)27/h4-5H2,1-3H3. The maximum absolute atomic E-state index is 13.5. The monoisotopic (exact) mass is 498 g/mol. The van der Waals surface area contributed by atoms with Crippen LogP contribution in [0, 0.1) is 5.41 Å². The highest BCUT2D eigenvalue weighted by Crippen LogP contribution is 2.58. The van der Waals surface area contributed by atoms with Crippen molar-refractivity contribution in [3.8, 4) is 0 Å². The molecule has 0 fully saturated rings. The van der Waals surface area contributed by atoms with E-state index in [4.69, 9.17) is 0 Å². The van der Waals surface area contributed by atoms with Gasteiger partial charge in [0.1, 0.15) is 0 Å². The fourth-order valence-corrected chi connectivity index (χ4v) is 1.58. The molecular weight excluding hydrogens is 485 g/mol. The van der Waals surface area contributed by atoms with Crippen LogP contribution in [0.25, 0.3) is 0 Å². The number of hydrogen-bond acceptors (Lipinski definition) is 2. The van der Waals surface area contributed by atoms with Crippen molar-refractivity contribution < 1.29 is 75.4 Å². The number of hydrogen-bond donors (Lipinski definition) is 0. The van der Waals surface area contributed by atoms with Crippen molar-refractivity contribution in [1.29, 1.82) is 0 Å². The molecule has 0 aliphatic rings. The molecule has 0 rings (SSSR count). The van der Waals surface area contributed by atoms with E-state index in [2.05, 4.69) is 4.74 Å². The third-order valence-corrected chi connectivity index (χ3v) is 4.14.